The summed E-state index contributed by atoms with van der Waals surface area (Å²) < 4.78 is 0. The summed E-state index contributed by atoms with van der Waals surface area (Å²) in [7, 11) is 0. The first-order chi connectivity index (χ1) is 9.29. The molecule has 2 amide bonds. The Morgan fingerprint density at radius 2 is 1.89 bits per heavy atom. The van der Waals surface area contributed by atoms with E-state index in [1.807, 2.05) is 30.3 Å². The zero-order chi connectivity index (χ0) is 13.5. The van der Waals surface area contributed by atoms with E-state index in [0.717, 1.165) is 18.7 Å². The average Bonchev–Trinajstić information content (AvgIpc) is 2.47. The molecule has 1 aliphatic heterocycles. The molecule has 0 unspecified atom stereocenters. The molecule has 1 aliphatic rings. The van der Waals surface area contributed by atoms with Crippen LogP contribution in [0.25, 0.3) is 0 Å². The van der Waals surface area contributed by atoms with Crippen LogP contribution in [0.15, 0.2) is 30.3 Å². The number of hydrogen-bond donors (Lipinski definition) is 1. The predicted octanol–water partition coefficient (Wildman–Crippen LogP) is 1.04. The molecule has 1 aromatic carbocycles. The van der Waals surface area contributed by atoms with Crippen molar-refractivity contribution in [3.05, 3.63) is 35.9 Å². The highest BCUT2D eigenvalue weighted by Gasteiger charge is 2.20. The zero-order valence-electron chi connectivity index (χ0n) is 10.9. The van der Waals surface area contributed by atoms with Gasteiger partial charge in [0.15, 0.2) is 0 Å². The van der Waals surface area contributed by atoms with E-state index in [1.54, 1.807) is 4.90 Å². The first kappa shape index (κ1) is 13.4. The third-order valence-electron chi connectivity index (χ3n) is 3.24. The fourth-order valence-electron chi connectivity index (χ4n) is 2.09. The molecule has 0 radical (unpaired) electrons. The summed E-state index contributed by atoms with van der Waals surface area (Å²) in [5.74, 6) is 0. The largest absolute Gasteiger partial charge is 0.334 e. The molecule has 0 aliphatic carbocycles. The lowest BCUT2D eigenvalue weighted by Crippen LogP contribution is -2.51. The van der Waals surface area contributed by atoms with E-state index < -0.39 is 0 Å². The molecule has 1 fully saturated rings. The number of carbonyl (C=O) groups is 1. The molecule has 1 saturated heterocycles. The van der Waals surface area contributed by atoms with E-state index in [4.69, 9.17) is 5.26 Å². The maximum absolute atomic E-state index is 12.0. The maximum Gasteiger partial charge on any atom is 0.317 e. The Bertz CT molecular complexity index is 446. The van der Waals surface area contributed by atoms with Gasteiger partial charge in [0.1, 0.15) is 0 Å². The number of rotatable bonds is 3. The van der Waals surface area contributed by atoms with Crippen molar-refractivity contribution in [2.75, 3.05) is 32.7 Å². The Balaban J connectivity index is 1.74. The van der Waals surface area contributed by atoms with Gasteiger partial charge in [0, 0.05) is 32.7 Å². The van der Waals surface area contributed by atoms with Crippen LogP contribution in [0, 0.1) is 11.3 Å². The van der Waals surface area contributed by atoms with Crippen molar-refractivity contribution < 1.29 is 4.79 Å². The monoisotopic (exact) mass is 258 g/mol. The number of nitrogens with zero attached hydrogens (tertiary/aromatic N) is 3. The summed E-state index contributed by atoms with van der Waals surface area (Å²) in [5.41, 5.74) is 1.10. The van der Waals surface area contributed by atoms with Crippen molar-refractivity contribution in [2.45, 2.75) is 6.54 Å². The van der Waals surface area contributed by atoms with Crippen molar-refractivity contribution >= 4 is 6.03 Å². The Hall–Kier alpha value is -2.06. The van der Waals surface area contributed by atoms with Crippen LogP contribution >= 0.6 is 0 Å². The van der Waals surface area contributed by atoms with Gasteiger partial charge in [-0.1, -0.05) is 30.3 Å². The minimum atomic E-state index is -0.0274. The minimum absolute atomic E-state index is 0.0274. The van der Waals surface area contributed by atoms with Crippen LogP contribution in [0.2, 0.25) is 0 Å². The molecule has 5 nitrogen and oxygen atoms in total. The second-order valence-electron chi connectivity index (χ2n) is 4.57. The Morgan fingerprint density at radius 3 is 2.53 bits per heavy atom. The van der Waals surface area contributed by atoms with Gasteiger partial charge < -0.3 is 10.2 Å². The van der Waals surface area contributed by atoms with Crippen molar-refractivity contribution in [1.82, 2.24) is 15.1 Å². The number of nitriles is 1. The SMILES string of the molecule is N#CCN1CCN(C(=O)NCc2ccccc2)CC1. The maximum atomic E-state index is 12.0. The minimum Gasteiger partial charge on any atom is -0.334 e. The molecular formula is C14H18N4O. The van der Waals surface area contributed by atoms with Crippen molar-refractivity contribution in [3.8, 4) is 6.07 Å². The van der Waals surface area contributed by atoms with Crippen molar-refractivity contribution in [1.29, 1.82) is 5.26 Å². The third-order valence-corrected chi connectivity index (χ3v) is 3.24. The molecule has 0 bridgehead atoms. The molecule has 2 rings (SSSR count). The highest BCUT2D eigenvalue weighted by Crippen LogP contribution is 2.02. The third kappa shape index (κ3) is 3.97. The van der Waals surface area contributed by atoms with Gasteiger partial charge in [0.2, 0.25) is 0 Å². The van der Waals surface area contributed by atoms with Crippen LogP contribution in [0.1, 0.15) is 5.56 Å². The first-order valence-corrected chi connectivity index (χ1v) is 6.45. The van der Waals surface area contributed by atoms with Gasteiger partial charge in [-0.05, 0) is 5.56 Å². The van der Waals surface area contributed by atoms with Crippen LogP contribution in [0.3, 0.4) is 0 Å². The first-order valence-electron chi connectivity index (χ1n) is 6.45. The second-order valence-corrected chi connectivity index (χ2v) is 4.57. The van der Waals surface area contributed by atoms with Gasteiger partial charge >= 0.3 is 6.03 Å². The van der Waals surface area contributed by atoms with E-state index in [0.29, 0.717) is 26.2 Å². The second kappa shape index (κ2) is 6.76. The normalized spacial score (nSPS) is 15.8. The molecule has 5 heteroatoms. The number of hydrogen-bond acceptors (Lipinski definition) is 3. The lowest BCUT2D eigenvalue weighted by atomic mass is 10.2. The van der Waals surface area contributed by atoms with Crippen LogP contribution in [-0.2, 0) is 6.54 Å². The van der Waals surface area contributed by atoms with Crippen LogP contribution in [0.5, 0.6) is 0 Å². The topological polar surface area (TPSA) is 59.4 Å². The van der Waals surface area contributed by atoms with Crippen LogP contribution < -0.4 is 5.32 Å². The number of benzene rings is 1. The highest BCUT2D eigenvalue weighted by molar-refractivity contribution is 5.74. The van der Waals surface area contributed by atoms with Gasteiger partial charge in [0.25, 0.3) is 0 Å². The van der Waals surface area contributed by atoms with Gasteiger partial charge in [-0.3, -0.25) is 4.90 Å². The van der Waals surface area contributed by atoms with Crippen LogP contribution in [-0.4, -0.2) is 48.6 Å². The van der Waals surface area contributed by atoms with Gasteiger partial charge in [-0.15, -0.1) is 0 Å². The van der Waals surface area contributed by atoms with Gasteiger partial charge in [0.05, 0.1) is 12.6 Å². The molecular weight excluding hydrogens is 240 g/mol. The number of amides is 2. The summed E-state index contributed by atoms with van der Waals surface area (Å²) in [5, 5.41) is 11.5. The molecule has 0 saturated carbocycles. The fraction of sp³-hybridized carbons (Fsp3) is 0.429. The Kier molecular flexibility index (Phi) is 4.76. The van der Waals surface area contributed by atoms with E-state index in [-0.39, 0.29) is 6.03 Å². The Morgan fingerprint density at radius 1 is 1.21 bits per heavy atom. The quantitative estimate of drug-likeness (QED) is 0.824. The predicted molar refractivity (Wildman–Crippen MR) is 72.3 cm³/mol. The fourth-order valence-corrected chi connectivity index (χ4v) is 2.09. The van der Waals surface area contributed by atoms with Crippen molar-refractivity contribution in [2.24, 2.45) is 0 Å². The van der Waals surface area contributed by atoms with Crippen LogP contribution in [0.4, 0.5) is 4.79 Å². The summed E-state index contributed by atoms with van der Waals surface area (Å²) in [4.78, 5) is 15.8. The Labute approximate surface area is 113 Å². The molecule has 0 spiro atoms. The molecule has 0 atom stereocenters. The summed E-state index contributed by atoms with van der Waals surface area (Å²) in [6.45, 7) is 3.90. The van der Waals surface area contributed by atoms with E-state index in [1.165, 1.54) is 0 Å². The molecule has 1 N–H and O–H groups in total. The summed E-state index contributed by atoms with van der Waals surface area (Å²) >= 11 is 0. The summed E-state index contributed by atoms with van der Waals surface area (Å²) in [6.07, 6.45) is 0. The summed E-state index contributed by atoms with van der Waals surface area (Å²) in [6, 6.07) is 12.0. The van der Waals surface area contributed by atoms with E-state index >= 15 is 0 Å². The van der Waals surface area contributed by atoms with E-state index in [9.17, 15) is 4.79 Å². The highest BCUT2D eigenvalue weighted by atomic mass is 16.2. The molecule has 1 aromatic rings. The molecule has 0 aromatic heterocycles. The lowest BCUT2D eigenvalue weighted by Gasteiger charge is -2.33. The van der Waals surface area contributed by atoms with Gasteiger partial charge in [-0.25, -0.2) is 4.79 Å². The van der Waals surface area contributed by atoms with Gasteiger partial charge in [-0.2, -0.15) is 5.26 Å². The lowest BCUT2D eigenvalue weighted by molar-refractivity contribution is 0.147. The number of nitrogens with one attached hydrogen (secondary N) is 1. The number of carbonyl (C=O) groups excluding carboxylic acids is 1. The van der Waals surface area contributed by atoms with E-state index in [2.05, 4.69) is 16.3 Å². The average molecular weight is 258 g/mol. The smallest absolute Gasteiger partial charge is 0.317 e. The molecule has 1 heterocycles. The molecule has 19 heavy (non-hydrogen) atoms. The molecule has 100 valence electrons. The zero-order valence-corrected chi connectivity index (χ0v) is 10.9. The van der Waals surface area contributed by atoms with Crippen molar-refractivity contribution in [3.63, 3.8) is 0 Å². The number of urea groups is 1. The standard InChI is InChI=1S/C14H18N4O/c15-6-7-17-8-10-18(11-9-17)14(19)16-12-13-4-2-1-3-5-13/h1-5H,7-12H2,(H,16,19). The number of piperazine rings is 1.